The van der Waals surface area contributed by atoms with Gasteiger partial charge in [-0.2, -0.15) is 0 Å². The number of aryl methyl sites for hydroxylation is 1. The number of rotatable bonds is 3. The van der Waals surface area contributed by atoms with Crippen molar-refractivity contribution in [3.8, 4) is 0 Å². The molecule has 2 heterocycles. The molecule has 0 radical (unpaired) electrons. The number of esters is 1. The Hall–Kier alpha value is -2.05. The standard InChI is InChI=1S/C17H17F2N3O2/c1-8-21-13-10(4-5-20-14(13)22-8)15(23)24-7-16-11-3-2-9(6-12(11)16)17(16,18)19/h4-5,9,11-12H,2-3,6-7H2,1H3,(H,20,21,22). The summed E-state index contributed by atoms with van der Waals surface area (Å²) in [5, 5.41) is 0. The van der Waals surface area contributed by atoms with Crippen LogP contribution in [0.15, 0.2) is 12.3 Å². The Kier molecular flexibility index (Phi) is 2.57. The number of hydrogen-bond acceptors (Lipinski definition) is 4. The SMILES string of the molecule is Cc1nc2nccc(C(=O)OCC34C5CCC(CC53)C4(F)F)c2[nH]1. The summed E-state index contributed by atoms with van der Waals surface area (Å²) in [5.74, 6) is -3.17. The predicted octanol–water partition coefficient (Wildman–Crippen LogP) is 3.10. The number of nitrogens with one attached hydrogen (secondary N) is 1. The molecule has 0 saturated heterocycles. The van der Waals surface area contributed by atoms with E-state index in [4.69, 9.17) is 4.74 Å². The maximum absolute atomic E-state index is 14.6. The number of fused-ring (bicyclic) bond motifs is 2. The van der Waals surface area contributed by atoms with Crippen molar-refractivity contribution >= 4 is 17.1 Å². The molecule has 0 spiro atoms. The fourth-order valence-corrected chi connectivity index (χ4v) is 5.22. The van der Waals surface area contributed by atoms with Crippen molar-refractivity contribution in [1.82, 2.24) is 15.0 Å². The van der Waals surface area contributed by atoms with Gasteiger partial charge in [0.1, 0.15) is 12.4 Å². The van der Waals surface area contributed by atoms with Crippen LogP contribution in [-0.2, 0) is 4.74 Å². The van der Waals surface area contributed by atoms with Gasteiger partial charge in [-0.15, -0.1) is 0 Å². The number of nitrogens with zero attached hydrogens (tertiary/aromatic N) is 2. The minimum absolute atomic E-state index is 0.0113. The van der Waals surface area contributed by atoms with Gasteiger partial charge in [0.05, 0.1) is 16.5 Å². The van der Waals surface area contributed by atoms with E-state index in [2.05, 4.69) is 15.0 Å². The van der Waals surface area contributed by atoms with Gasteiger partial charge in [-0.3, -0.25) is 0 Å². The predicted molar refractivity (Wildman–Crippen MR) is 80.6 cm³/mol. The molecule has 126 valence electrons. The number of aromatic amines is 1. The van der Waals surface area contributed by atoms with Crippen molar-refractivity contribution in [3.05, 3.63) is 23.7 Å². The first kappa shape index (κ1) is 14.3. The van der Waals surface area contributed by atoms with E-state index in [0.29, 0.717) is 35.4 Å². The van der Waals surface area contributed by atoms with Gasteiger partial charge in [-0.1, -0.05) is 0 Å². The molecule has 0 aromatic carbocycles. The molecule has 4 atom stereocenters. The summed E-state index contributed by atoms with van der Waals surface area (Å²) in [7, 11) is 0. The summed E-state index contributed by atoms with van der Waals surface area (Å²) in [4.78, 5) is 23.7. The van der Waals surface area contributed by atoms with Gasteiger partial charge in [0.2, 0.25) is 0 Å². The highest BCUT2D eigenvalue weighted by Crippen LogP contribution is 2.81. The third kappa shape index (κ3) is 1.55. The number of imidazole rings is 1. The number of pyridine rings is 1. The maximum Gasteiger partial charge on any atom is 0.340 e. The van der Waals surface area contributed by atoms with Gasteiger partial charge in [0.25, 0.3) is 5.92 Å². The third-order valence-electron chi connectivity index (χ3n) is 6.37. The van der Waals surface area contributed by atoms with E-state index in [0.717, 1.165) is 6.42 Å². The van der Waals surface area contributed by atoms with Gasteiger partial charge in [-0.05, 0) is 44.1 Å². The molecule has 7 heteroatoms. The number of carbonyl (C=O) groups excluding carboxylic acids is 1. The second kappa shape index (κ2) is 4.32. The lowest BCUT2D eigenvalue weighted by atomic mass is 9.78. The van der Waals surface area contributed by atoms with E-state index >= 15 is 0 Å². The van der Waals surface area contributed by atoms with Crippen LogP contribution < -0.4 is 0 Å². The van der Waals surface area contributed by atoms with Gasteiger partial charge >= 0.3 is 5.97 Å². The highest BCUT2D eigenvalue weighted by atomic mass is 19.3. The lowest BCUT2D eigenvalue weighted by Gasteiger charge is -2.35. The molecular formula is C17H17F2N3O2. The highest BCUT2D eigenvalue weighted by Gasteiger charge is 2.85. The van der Waals surface area contributed by atoms with Gasteiger partial charge in [0, 0.05) is 12.1 Å². The topological polar surface area (TPSA) is 67.9 Å². The number of ether oxygens (including phenoxy) is 1. The second-order valence-electron chi connectivity index (χ2n) is 7.34. The van der Waals surface area contributed by atoms with Crippen LogP contribution in [0.4, 0.5) is 8.78 Å². The molecule has 4 aliphatic carbocycles. The number of hydrogen-bond donors (Lipinski definition) is 1. The minimum atomic E-state index is -2.71. The van der Waals surface area contributed by atoms with Crippen LogP contribution in [0, 0.1) is 30.1 Å². The van der Waals surface area contributed by atoms with Crippen molar-refractivity contribution < 1.29 is 18.3 Å². The second-order valence-corrected chi connectivity index (χ2v) is 7.34. The van der Waals surface area contributed by atoms with Crippen LogP contribution >= 0.6 is 0 Å². The molecule has 6 rings (SSSR count). The first-order valence-corrected chi connectivity index (χ1v) is 8.31. The Balaban J connectivity index is 1.40. The molecule has 0 aliphatic heterocycles. The summed E-state index contributed by atoms with van der Waals surface area (Å²) in [6, 6.07) is 1.53. The van der Waals surface area contributed by atoms with Gasteiger partial charge in [0.15, 0.2) is 5.65 Å². The molecule has 4 aliphatic rings. The Bertz CT molecular complexity index is 859. The quantitative estimate of drug-likeness (QED) is 0.877. The average molecular weight is 333 g/mol. The van der Waals surface area contributed by atoms with E-state index < -0.39 is 23.2 Å². The molecule has 4 fully saturated rings. The van der Waals surface area contributed by atoms with Crippen LogP contribution in [0.1, 0.15) is 35.4 Å². The summed E-state index contributed by atoms with van der Waals surface area (Å²) in [5.41, 5.74) is 0.0987. The normalized spacial score (nSPS) is 35.2. The first-order valence-electron chi connectivity index (χ1n) is 8.31. The molecular weight excluding hydrogens is 316 g/mol. The number of halogens is 2. The van der Waals surface area contributed by atoms with Crippen LogP contribution in [-0.4, -0.2) is 33.5 Å². The number of aromatic nitrogens is 3. The maximum atomic E-state index is 14.6. The zero-order valence-corrected chi connectivity index (χ0v) is 13.2. The van der Waals surface area contributed by atoms with E-state index in [1.54, 1.807) is 6.92 Å². The molecule has 0 amide bonds. The summed E-state index contributed by atoms with van der Waals surface area (Å²) < 4.78 is 34.6. The average Bonchev–Trinajstić information content (AvgIpc) is 2.98. The van der Waals surface area contributed by atoms with E-state index in [1.165, 1.54) is 12.3 Å². The smallest absolute Gasteiger partial charge is 0.340 e. The van der Waals surface area contributed by atoms with Crippen LogP contribution in [0.5, 0.6) is 0 Å². The zero-order valence-electron chi connectivity index (χ0n) is 13.2. The Morgan fingerprint density at radius 2 is 2.25 bits per heavy atom. The molecule has 4 unspecified atom stereocenters. The lowest BCUT2D eigenvalue weighted by molar-refractivity contribution is -0.142. The number of alkyl halides is 2. The first-order chi connectivity index (χ1) is 11.4. The van der Waals surface area contributed by atoms with Crippen LogP contribution in [0.3, 0.4) is 0 Å². The largest absolute Gasteiger partial charge is 0.461 e. The number of carbonyl (C=O) groups is 1. The molecule has 2 aromatic heterocycles. The molecule has 5 nitrogen and oxygen atoms in total. The summed E-state index contributed by atoms with van der Waals surface area (Å²) in [6.45, 7) is 1.57. The van der Waals surface area contributed by atoms with Crippen molar-refractivity contribution in [2.45, 2.75) is 32.1 Å². The lowest BCUT2D eigenvalue weighted by Crippen LogP contribution is -2.42. The Labute approximate surface area is 136 Å². The molecule has 2 aromatic rings. The van der Waals surface area contributed by atoms with Crippen LogP contribution in [0.2, 0.25) is 0 Å². The van der Waals surface area contributed by atoms with E-state index in [-0.39, 0.29) is 18.4 Å². The van der Waals surface area contributed by atoms with Crippen LogP contribution in [0.25, 0.3) is 11.2 Å². The monoisotopic (exact) mass is 333 g/mol. The zero-order chi connectivity index (χ0) is 16.7. The van der Waals surface area contributed by atoms with Crippen molar-refractivity contribution in [1.29, 1.82) is 0 Å². The minimum Gasteiger partial charge on any atom is -0.461 e. The van der Waals surface area contributed by atoms with Crippen molar-refractivity contribution in [2.24, 2.45) is 23.2 Å². The fourth-order valence-electron chi connectivity index (χ4n) is 5.22. The Morgan fingerprint density at radius 3 is 2.96 bits per heavy atom. The highest BCUT2D eigenvalue weighted by molar-refractivity contribution is 6.00. The van der Waals surface area contributed by atoms with E-state index in [9.17, 15) is 13.6 Å². The third-order valence-corrected chi connectivity index (χ3v) is 6.37. The van der Waals surface area contributed by atoms with Crippen molar-refractivity contribution in [3.63, 3.8) is 0 Å². The molecule has 4 bridgehead atoms. The summed E-state index contributed by atoms with van der Waals surface area (Å²) in [6.07, 6.45) is 3.49. The molecule has 4 saturated carbocycles. The van der Waals surface area contributed by atoms with Crippen molar-refractivity contribution in [2.75, 3.05) is 6.61 Å². The molecule has 24 heavy (non-hydrogen) atoms. The van der Waals surface area contributed by atoms with Gasteiger partial charge < -0.3 is 9.72 Å². The van der Waals surface area contributed by atoms with E-state index in [1.807, 2.05) is 0 Å². The number of H-pyrrole nitrogens is 1. The summed E-state index contributed by atoms with van der Waals surface area (Å²) >= 11 is 0. The fraction of sp³-hybridized carbons (Fsp3) is 0.588. The molecule has 1 N–H and O–H groups in total. The van der Waals surface area contributed by atoms with Gasteiger partial charge in [-0.25, -0.2) is 23.5 Å². The Morgan fingerprint density at radius 1 is 1.42 bits per heavy atom.